The van der Waals surface area contributed by atoms with E-state index in [1.54, 1.807) is 0 Å². The van der Waals surface area contributed by atoms with Gasteiger partial charge in [-0.05, 0) is 55.3 Å². The number of hydrogen-bond donors (Lipinski definition) is 1. The standard InChI is InChI=1S/C19H18ClFN2O2S/c1-11-3-5-14(7-12(11)2)22-18(24)17-9-26-10-23(17)19(25)15-8-13(20)4-6-16(15)21/h3-8,17H,9-10H2,1-2H3,(H,22,24). The molecule has 7 heteroatoms. The molecule has 1 atom stereocenters. The first-order valence-electron chi connectivity index (χ1n) is 8.08. The van der Waals surface area contributed by atoms with Crippen molar-refractivity contribution in [2.45, 2.75) is 19.9 Å². The molecule has 4 nitrogen and oxygen atoms in total. The summed E-state index contributed by atoms with van der Waals surface area (Å²) in [5.74, 6) is -0.672. The van der Waals surface area contributed by atoms with Crippen LogP contribution in [-0.2, 0) is 4.79 Å². The summed E-state index contributed by atoms with van der Waals surface area (Å²) in [6.07, 6.45) is 0. The summed E-state index contributed by atoms with van der Waals surface area (Å²) >= 11 is 7.34. The van der Waals surface area contributed by atoms with Gasteiger partial charge in [0.25, 0.3) is 5.91 Å². The Morgan fingerprint density at radius 3 is 2.69 bits per heavy atom. The molecule has 0 bridgehead atoms. The lowest BCUT2D eigenvalue weighted by Gasteiger charge is -2.23. The molecule has 2 amide bonds. The van der Waals surface area contributed by atoms with E-state index in [9.17, 15) is 14.0 Å². The van der Waals surface area contributed by atoms with Crippen LogP contribution in [0.3, 0.4) is 0 Å². The number of benzene rings is 2. The van der Waals surface area contributed by atoms with Crippen molar-refractivity contribution in [1.82, 2.24) is 4.90 Å². The Kier molecular flexibility index (Phi) is 5.53. The third kappa shape index (κ3) is 3.86. The highest BCUT2D eigenvalue weighted by atomic mass is 35.5. The maximum atomic E-state index is 14.0. The SMILES string of the molecule is Cc1ccc(NC(=O)C2CSCN2C(=O)c2cc(Cl)ccc2F)cc1C. The van der Waals surface area contributed by atoms with Crippen LogP contribution in [-0.4, -0.2) is 34.4 Å². The van der Waals surface area contributed by atoms with E-state index in [1.165, 1.54) is 28.8 Å². The van der Waals surface area contributed by atoms with E-state index in [-0.39, 0.29) is 16.5 Å². The number of amides is 2. The molecule has 1 unspecified atom stereocenters. The van der Waals surface area contributed by atoms with Crippen LogP contribution in [0.1, 0.15) is 21.5 Å². The number of carbonyl (C=O) groups is 2. The lowest BCUT2D eigenvalue weighted by Crippen LogP contribution is -2.44. The lowest BCUT2D eigenvalue weighted by atomic mass is 10.1. The maximum Gasteiger partial charge on any atom is 0.258 e. The van der Waals surface area contributed by atoms with Crippen LogP contribution in [0, 0.1) is 19.7 Å². The Balaban J connectivity index is 1.78. The topological polar surface area (TPSA) is 49.4 Å². The summed E-state index contributed by atoms with van der Waals surface area (Å²) in [7, 11) is 0. The van der Waals surface area contributed by atoms with Gasteiger partial charge in [-0.2, -0.15) is 0 Å². The van der Waals surface area contributed by atoms with Gasteiger partial charge in [0.1, 0.15) is 11.9 Å². The Labute approximate surface area is 160 Å². The van der Waals surface area contributed by atoms with Gasteiger partial charge in [-0.15, -0.1) is 11.8 Å². The summed E-state index contributed by atoms with van der Waals surface area (Å²) in [4.78, 5) is 26.8. The average molecular weight is 393 g/mol. The maximum absolute atomic E-state index is 14.0. The molecule has 2 aromatic rings. The van der Waals surface area contributed by atoms with Gasteiger partial charge in [-0.1, -0.05) is 17.7 Å². The fourth-order valence-corrected chi connectivity index (χ4v) is 4.05. The first-order valence-corrected chi connectivity index (χ1v) is 9.62. The van der Waals surface area contributed by atoms with Gasteiger partial charge in [0.05, 0.1) is 11.4 Å². The highest BCUT2D eigenvalue weighted by molar-refractivity contribution is 7.99. The molecule has 1 aliphatic rings. The van der Waals surface area contributed by atoms with Crippen molar-refractivity contribution in [3.05, 3.63) is 63.9 Å². The van der Waals surface area contributed by atoms with Crippen molar-refractivity contribution in [3.63, 3.8) is 0 Å². The first-order chi connectivity index (χ1) is 12.4. The van der Waals surface area contributed by atoms with E-state index >= 15 is 0 Å². The first kappa shape index (κ1) is 18.7. The highest BCUT2D eigenvalue weighted by Gasteiger charge is 2.36. The number of halogens is 2. The number of carbonyl (C=O) groups excluding carboxylic acids is 2. The molecule has 0 radical (unpaired) electrons. The molecule has 0 spiro atoms. The van der Waals surface area contributed by atoms with Gasteiger partial charge >= 0.3 is 0 Å². The third-order valence-electron chi connectivity index (χ3n) is 4.38. The summed E-state index contributed by atoms with van der Waals surface area (Å²) in [6.45, 7) is 3.96. The molecule has 1 saturated heterocycles. The van der Waals surface area contributed by atoms with Crippen LogP contribution < -0.4 is 5.32 Å². The molecule has 0 saturated carbocycles. The van der Waals surface area contributed by atoms with E-state index in [1.807, 2.05) is 32.0 Å². The monoisotopic (exact) mass is 392 g/mol. The predicted octanol–water partition coefficient (Wildman–Crippen LogP) is 4.25. The quantitative estimate of drug-likeness (QED) is 0.849. The molecule has 1 fully saturated rings. The second-order valence-electron chi connectivity index (χ2n) is 6.20. The van der Waals surface area contributed by atoms with Gasteiger partial charge in [-0.25, -0.2) is 4.39 Å². The predicted molar refractivity (Wildman–Crippen MR) is 103 cm³/mol. The van der Waals surface area contributed by atoms with Crippen LogP contribution in [0.5, 0.6) is 0 Å². The van der Waals surface area contributed by atoms with Gasteiger partial charge in [0.15, 0.2) is 0 Å². The largest absolute Gasteiger partial charge is 0.324 e. The lowest BCUT2D eigenvalue weighted by molar-refractivity contribution is -0.119. The third-order valence-corrected chi connectivity index (χ3v) is 5.63. The van der Waals surface area contributed by atoms with E-state index < -0.39 is 17.8 Å². The van der Waals surface area contributed by atoms with Crippen LogP contribution in [0.4, 0.5) is 10.1 Å². The number of rotatable bonds is 3. The molecular formula is C19H18ClFN2O2S. The van der Waals surface area contributed by atoms with E-state index in [0.717, 1.165) is 17.2 Å². The average Bonchev–Trinajstić information content (AvgIpc) is 3.09. The molecule has 3 rings (SSSR count). The zero-order valence-electron chi connectivity index (χ0n) is 14.4. The highest BCUT2D eigenvalue weighted by Crippen LogP contribution is 2.26. The van der Waals surface area contributed by atoms with Crippen molar-refractivity contribution < 1.29 is 14.0 Å². The fourth-order valence-electron chi connectivity index (χ4n) is 2.72. The van der Waals surface area contributed by atoms with Gasteiger partial charge in [0.2, 0.25) is 5.91 Å². The number of nitrogens with zero attached hydrogens (tertiary/aromatic N) is 1. The smallest absolute Gasteiger partial charge is 0.258 e. The zero-order chi connectivity index (χ0) is 18.8. The summed E-state index contributed by atoms with van der Waals surface area (Å²) in [5, 5.41) is 3.12. The van der Waals surface area contributed by atoms with E-state index in [0.29, 0.717) is 17.3 Å². The number of thioether (sulfide) groups is 1. The Morgan fingerprint density at radius 1 is 1.19 bits per heavy atom. The van der Waals surface area contributed by atoms with Crippen LogP contribution >= 0.6 is 23.4 Å². The van der Waals surface area contributed by atoms with Crippen LogP contribution in [0.2, 0.25) is 5.02 Å². The van der Waals surface area contributed by atoms with Gasteiger partial charge in [-0.3, -0.25) is 9.59 Å². The Hall–Kier alpha value is -2.05. The number of hydrogen-bond acceptors (Lipinski definition) is 3. The molecule has 0 aliphatic carbocycles. The van der Waals surface area contributed by atoms with Crippen molar-refractivity contribution in [1.29, 1.82) is 0 Å². The normalized spacial score (nSPS) is 16.6. The van der Waals surface area contributed by atoms with Gasteiger partial charge < -0.3 is 10.2 Å². The Morgan fingerprint density at radius 2 is 1.96 bits per heavy atom. The van der Waals surface area contributed by atoms with Gasteiger partial charge in [0, 0.05) is 16.5 Å². The molecule has 1 N–H and O–H groups in total. The molecular weight excluding hydrogens is 375 g/mol. The second kappa shape index (κ2) is 7.68. The van der Waals surface area contributed by atoms with Crippen molar-refractivity contribution in [2.75, 3.05) is 16.9 Å². The van der Waals surface area contributed by atoms with Crippen molar-refractivity contribution in [3.8, 4) is 0 Å². The molecule has 26 heavy (non-hydrogen) atoms. The summed E-state index contributed by atoms with van der Waals surface area (Å²) < 4.78 is 14.0. The second-order valence-corrected chi connectivity index (χ2v) is 7.64. The molecule has 1 aliphatic heterocycles. The molecule has 2 aromatic carbocycles. The van der Waals surface area contributed by atoms with Crippen molar-refractivity contribution >= 4 is 40.9 Å². The van der Waals surface area contributed by atoms with E-state index in [2.05, 4.69) is 5.32 Å². The minimum absolute atomic E-state index is 0.121. The van der Waals surface area contributed by atoms with Crippen LogP contribution in [0.15, 0.2) is 36.4 Å². The number of anilines is 1. The summed E-state index contributed by atoms with van der Waals surface area (Å²) in [6, 6.07) is 8.81. The number of aryl methyl sites for hydroxylation is 2. The van der Waals surface area contributed by atoms with E-state index in [4.69, 9.17) is 11.6 Å². The van der Waals surface area contributed by atoms with Crippen LogP contribution in [0.25, 0.3) is 0 Å². The minimum Gasteiger partial charge on any atom is -0.324 e. The molecule has 0 aromatic heterocycles. The fraction of sp³-hybridized carbons (Fsp3) is 0.263. The minimum atomic E-state index is -0.660. The zero-order valence-corrected chi connectivity index (χ0v) is 16.0. The summed E-state index contributed by atoms with van der Waals surface area (Å²) in [5.41, 5.74) is 2.76. The number of nitrogens with one attached hydrogen (secondary N) is 1. The molecule has 136 valence electrons. The Bertz CT molecular complexity index is 875. The molecule has 1 heterocycles. The van der Waals surface area contributed by atoms with Crippen molar-refractivity contribution in [2.24, 2.45) is 0 Å².